The zero-order valence-corrected chi connectivity index (χ0v) is 11.7. The van der Waals surface area contributed by atoms with E-state index in [9.17, 15) is 13.2 Å². The monoisotopic (exact) mass is 301 g/mol. The SMILES string of the molecule is COC(=O)CS(=O)(=O)Cc1cc2c(cc1N)OCCO2. The number of sulfone groups is 1. The van der Waals surface area contributed by atoms with Crippen LogP contribution in [0, 0.1) is 0 Å². The van der Waals surface area contributed by atoms with E-state index in [1.807, 2.05) is 0 Å². The molecule has 1 heterocycles. The van der Waals surface area contributed by atoms with Gasteiger partial charge in [0, 0.05) is 11.8 Å². The highest BCUT2D eigenvalue weighted by atomic mass is 32.2. The molecule has 0 radical (unpaired) electrons. The first-order valence-corrected chi connectivity index (χ1v) is 7.68. The fourth-order valence-corrected chi connectivity index (χ4v) is 3.10. The summed E-state index contributed by atoms with van der Waals surface area (Å²) in [4.78, 5) is 11.1. The Morgan fingerprint density at radius 3 is 2.50 bits per heavy atom. The quantitative estimate of drug-likeness (QED) is 0.622. The van der Waals surface area contributed by atoms with Gasteiger partial charge in [-0.05, 0) is 11.6 Å². The largest absolute Gasteiger partial charge is 0.486 e. The van der Waals surface area contributed by atoms with Crippen LogP contribution in [0.3, 0.4) is 0 Å². The van der Waals surface area contributed by atoms with Gasteiger partial charge in [0.1, 0.15) is 19.0 Å². The van der Waals surface area contributed by atoms with Gasteiger partial charge in [-0.25, -0.2) is 8.42 Å². The first-order valence-electron chi connectivity index (χ1n) is 5.86. The molecule has 0 unspecified atom stereocenters. The minimum Gasteiger partial charge on any atom is -0.486 e. The molecule has 110 valence electrons. The Hall–Kier alpha value is -1.96. The van der Waals surface area contributed by atoms with Crippen LogP contribution in [0.25, 0.3) is 0 Å². The molecule has 2 N–H and O–H groups in total. The van der Waals surface area contributed by atoms with Gasteiger partial charge in [-0.1, -0.05) is 0 Å². The van der Waals surface area contributed by atoms with Crippen molar-refractivity contribution in [3.63, 3.8) is 0 Å². The van der Waals surface area contributed by atoms with Gasteiger partial charge >= 0.3 is 5.97 Å². The lowest BCUT2D eigenvalue weighted by molar-refractivity contribution is -0.137. The molecule has 7 nitrogen and oxygen atoms in total. The molecule has 0 amide bonds. The number of carbonyl (C=O) groups is 1. The normalized spacial score (nSPS) is 13.8. The van der Waals surface area contributed by atoms with Crippen molar-refractivity contribution in [2.75, 3.05) is 31.8 Å². The number of carbonyl (C=O) groups excluding carboxylic acids is 1. The van der Waals surface area contributed by atoms with Crippen LogP contribution in [-0.2, 0) is 25.1 Å². The van der Waals surface area contributed by atoms with E-state index in [0.29, 0.717) is 30.3 Å². The molecular formula is C12H15NO6S. The molecule has 8 heteroatoms. The Morgan fingerprint density at radius 1 is 1.30 bits per heavy atom. The first kappa shape index (κ1) is 14.4. The number of rotatable bonds is 4. The second-order valence-corrected chi connectivity index (χ2v) is 6.37. The van der Waals surface area contributed by atoms with Gasteiger partial charge in [-0.2, -0.15) is 0 Å². The fraction of sp³-hybridized carbons (Fsp3) is 0.417. The van der Waals surface area contributed by atoms with Crippen LogP contribution < -0.4 is 15.2 Å². The van der Waals surface area contributed by atoms with Crippen LogP contribution in [0.15, 0.2) is 12.1 Å². The lowest BCUT2D eigenvalue weighted by Crippen LogP contribution is -2.20. The van der Waals surface area contributed by atoms with Crippen LogP contribution in [0.5, 0.6) is 11.5 Å². The second kappa shape index (κ2) is 5.58. The van der Waals surface area contributed by atoms with Crippen molar-refractivity contribution < 1.29 is 27.4 Å². The molecule has 0 spiro atoms. The molecule has 0 fully saturated rings. The summed E-state index contributed by atoms with van der Waals surface area (Å²) in [5.41, 5.74) is 6.45. The van der Waals surface area contributed by atoms with Gasteiger partial charge in [0.05, 0.1) is 12.9 Å². The molecule has 20 heavy (non-hydrogen) atoms. The molecule has 0 saturated carbocycles. The van der Waals surface area contributed by atoms with Crippen molar-refractivity contribution in [3.05, 3.63) is 17.7 Å². The van der Waals surface area contributed by atoms with Crippen LogP contribution >= 0.6 is 0 Å². The number of benzene rings is 1. The Balaban J connectivity index is 2.23. The number of nitrogens with two attached hydrogens (primary N) is 1. The molecule has 1 aromatic rings. The Bertz CT molecular complexity index is 625. The van der Waals surface area contributed by atoms with Crippen molar-refractivity contribution in [2.24, 2.45) is 0 Å². The molecule has 0 atom stereocenters. The van der Waals surface area contributed by atoms with E-state index in [1.165, 1.54) is 12.1 Å². The summed E-state index contributed by atoms with van der Waals surface area (Å²) in [7, 11) is -2.51. The predicted molar refractivity (Wildman–Crippen MR) is 71.4 cm³/mol. The average molecular weight is 301 g/mol. The highest BCUT2D eigenvalue weighted by molar-refractivity contribution is 7.91. The number of fused-ring (bicyclic) bond motifs is 1. The van der Waals surface area contributed by atoms with Crippen molar-refractivity contribution in [2.45, 2.75) is 5.75 Å². The van der Waals surface area contributed by atoms with E-state index < -0.39 is 21.6 Å². The lowest BCUT2D eigenvalue weighted by atomic mass is 10.2. The maximum Gasteiger partial charge on any atom is 0.320 e. The molecule has 0 bridgehead atoms. The van der Waals surface area contributed by atoms with Crippen LogP contribution in [0.4, 0.5) is 5.69 Å². The summed E-state index contributed by atoms with van der Waals surface area (Å²) in [6.45, 7) is 0.817. The van der Waals surface area contributed by atoms with Crippen molar-refractivity contribution >= 4 is 21.5 Å². The van der Waals surface area contributed by atoms with Gasteiger partial charge in [0.2, 0.25) is 0 Å². The third kappa shape index (κ3) is 3.32. The Kier molecular flexibility index (Phi) is 4.03. The van der Waals surface area contributed by atoms with E-state index in [1.54, 1.807) is 0 Å². The predicted octanol–water partition coefficient (Wildman–Crippen LogP) is 0.128. The van der Waals surface area contributed by atoms with Crippen LogP contribution in [-0.4, -0.2) is 40.5 Å². The molecule has 1 aliphatic heterocycles. The smallest absolute Gasteiger partial charge is 0.320 e. The fourth-order valence-electron chi connectivity index (χ4n) is 1.80. The first-order chi connectivity index (χ1) is 9.41. The summed E-state index contributed by atoms with van der Waals surface area (Å²) in [6, 6.07) is 3.05. The summed E-state index contributed by atoms with van der Waals surface area (Å²) in [5.74, 6) is -0.903. The topological polar surface area (TPSA) is 105 Å². The summed E-state index contributed by atoms with van der Waals surface area (Å²) in [5, 5.41) is 0. The average Bonchev–Trinajstić information content (AvgIpc) is 2.38. The number of methoxy groups -OCH3 is 1. The zero-order valence-electron chi connectivity index (χ0n) is 10.9. The highest BCUT2D eigenvalue weighted by Gasteiger charge is 2.21. The minimum atomic E-state index is -3.65. The zero-order chi connectivity index (χ0) is 14.8. The standard InChI is InChI=1S/C12H15NO6S/c1-17-12(14)7-20(15,16)6-8-4-10-11(5-9(8)13)19-3-2-18-10/h4-5H,2-3,6-7,13H2,1H3. The summed E-state index contributed by atoms with van der Waals surface area (Å²) >= 11 is 0. The molecule has 0 saturated heterocycles. The summed E-state index contributed by atoms with van der Waals surface area (Å²) < 4.78 is 38.8. The van der Waals surface area contributed by atoms with Gasteiger partial charge in [-0.15, -0.1) is 0 Å². The molecule has 2 rings (SSSR count). The number of hydrogen-bond acceptors (Lipinski definition) is 7. The van der Waals surface area contributed by atoms with Crippen molar-refractivity contribution in [3.8, 4) is 11.5 Å². The van der Waals surface area contributed by atoms with E-state index in [4.69, 9.17) is 15.2 Å². The minimum absolute atomic E-state index is 0.280. The third-order valence-electron chi connectivity index (χ3n) is 2.74. The second-order valence-electron chi connectivity index (χ2n) is 4.30. The van der Waals surface area contributed by atoms with Gasteiger partial charge in [-0.3, -0.25) is 4.79 Å². The van der Waals surface area contributed by atoms with E-state index >= 15 is 0 Å². The number of anilines is 1. The highest BCUT2D eigenvalue weighted by Crippen LogP contribution is 2.35. The van der Waals surface area contributed by atoms with Gasteiger partial charge < -0.3 is 19.9 Å². The van der Waals surface area contributed by atoms with E-state index in [2.05, 4.69) is 4.74 Å². The Morgan fingerprint density at radius 2 is 1.90 bits per heavy atom. The number of hydrogen-bond donors (Lipinski definition) is 1. The van der Waals surface area contributed by atoms with E-state index in [-0.39, 0.29) is 11.4 Å². The number of esters is 1. The van der Waals surface area contributed by atoms with Crippen LogP contribution in [0.2, 0.25) is 0 Å². The van der Waals surface area contributed by atoms with Gasteiger partial charge in [0.25, 0.3) is 0 Å². The number of ether oxygens (including phenoxy) is 3. The molecule has 0 aromatic heterocycles. The molecule has 0 aliphatic carbocycles. The molecule has 1 aliphatic rings. The maximum absolute atomic E-state index is 11.9. The lowest BCUT2D eigenvalue weighted by Gasteiger charge is -2.20. The summed E-state index contributed by atoms with van der Waals surface area (Å²) in [6.07, 6.45) is 0. The van der Waals surface area contributed by atoms with Crippen molar-refractivity contribution in [1.29, 1.82) is 0 Å². The van der Waals surface area contributed by atoms with E-state index in [0.717, 1.165) is 7.11 Å². The van der Waals surface area contributed by atoms with Crippen LogP contribution in [0.1, 0.15) is 5.56 Å². The molecular weight excluding hydrogens is 286 g/mol. The maximum atomic E-state index is 11.9. The Labute approximate surface area is 116 Å². The van der Waals surface area contributed by atoms with Crippen molar-refractivity contribution in [1.82, 2.24) is 0 Å². The molecule has 1 aromatic carbocycles. The third-order valence-corrected chi connectivity index (χ3v) is 4.17. The van der Waals surface area contributed by atoms with Gasteiger partial charge in [0.15, 0.2) is 21.3 Å². The number of nitrogen functional groups attached to an aromatic ring is 1.